The molecule has 16 heavy (non-hydrogen) atoms. The third-order valence-electron chi connectivity index (χ3n) is 2.88. The number of thioether (sulfide) groups is 1. The Morgan fingerprint density at radius 1 is 1.69 bits per heavy atom. The molecule has 4 N–H and O–H groups in total. The lowest BCUT2D eigenvalue weighted by molar-refractivity contribution is -0.132. The number of likely N-dealkylation sites (tertiary alicyclic amines) is 1. The highest BCUT2D eigenvalue weighted by Crippen LogP contribution is 2.19. The first kappa shape index (κ1) is 13.8. The third kappa shape index (κ3) is 3.38. The van der Waals surface area contributed by atoms with Gasteiger partial charge < -0.3 is 20.7 Å². The predicted octanol–water partition coefficient (Wildman–Crippen LogP) is -0.930. The standard InChI is InChI=1S/C9H19BN2O3S/c1-16-6-4-7(11)9(13)12-5-2-3-8(12)10(14)15/h7-8,14-15H,2-6,11H2,1H3/t7-,8-/m0/s1. The van der Waals surface area contributed by atoms with Gasteiger partial charge in [-0.2, -0.15) is 11.8 Å². The number of carbonyl (C=O) groups excluding carboxylic acids is 1. The van der Waals surface area contributed by atoms with Crippen molar-refractivity contribution < 1.29 is 14.8 Å². The Morgan fingerprint density at radius 3 is 2.94 bits per heavy atom. The lowest BCUT2D eigenvalue weighted by Crippen LogP contribution is -2.51. The minimum Gasteiger partial charge on any atom is -0.426 e. The molecule has 0 aromatic rings. The van der Waals surface area contributed by atoms with E-state index in [-0.39, 0.29) is 5.91 Å². The monoisotopic (exact) mass is 246 g/mol. The maximum atomic E-state index is 11.9. The van der Waals surface area contributed by atoms with Gasteiger partial charge in [-0.3, -0.25) is 4.79 Å². The van der Waals surface area contributed by atoms with E-state index in [9.17, 15) is 4.79 Å². The fourth-order valence-electron chi connectivity index (χ4n) is 1.96. The van der Waals surface area contributed by atoms with E-state index in [2.05, 4.69) is 0 Å². The maximum absolute atomic E-state index is 11.9. The average Bonchev–Trinajstić information content (AvgIpc) is 2.73. The molecule has 0 spiro atoms. The van der Waals surface area contributed by atoms with Crippen molar-refractivity contribution in [3.8, 4) is 0 Å². The van der Waals surface area contributed by atoms with Gasteiger partial charge in [-0.05, 0) is 31.3 Å². The fraction of sp³-hybridized carbons (Fsp3) is 0.889. The number of carbonyl (C=O) groups is 1. The molecule has 1 aliphatic heterocycles. The summed E-state index contributed by atoms with van der Waals surface area (Å²) in [6, 6.07) is -0.521. The Labute approximate surface area is 101 Å². The molecule has 0 unspecified atom stereocenters. The number of rotatable bonds is 5. The zero-order chi connectivity index (χ0) is 12.1. The van der Waals surface area contributed by atoms with Crippen LogP contribution >= 0.6 is 11.8 Å². The van der Waals surface area contributed by atoms with Gasteiger partial charge >= 0.3 is 7.12 Å². The second kappa shape index (κ2) is 6.49. The Kier molecular flexibility index (Phi) is 5.61. The number of hydrogen-bond donors (Lipinski definition) is 3. The van der Waals surface area contributed by atoms with E-state index in [0.717, 1.165) is 12.2 Å². The SMILES string of the molecule is CSCC[C@H](N)C(=O)N1CCC[C@H]1B(O)O. The van der Waals surface area contributed by atoms with Crippen molar-refractivity contribution in [1.29, 1.82) is 0 Å². The fourth-order valence-corrected chi connectivity index (χ4v) is 2.45. The number of nitrogens with two attached hydrogens (primary N) is 1. The van der Waals surface area contributed by atoms with Crippen LogP contribution in [0.5, 0.6) is 0 Å². The van der Waals surface area contributed by atoms with Crippen molar-refractivity contribution in [1.82, 2.24) is 4.90 Å². The summed E-state index contributed by atoms with van der Waals surface area (Å²) >= 11 is 1.65. The molecule has 1 amide bonds. The van der Waals surface area contributed by atoms with Gasteiger partial charge in [0.05, 0.1) is 12.0 Å². The largest absolute Gasteiger partial charge is 0.475 e. The summed E-state index contributed by atoms with van der Waals surface area (Å²) in [7, 11) is -1.46. The summed E-state index contributed by atoms with van der Waals surface area (Å²) in [5, 5.41) is 18.3. The van der Waals surface area contributed by atoms with Crippen LogP contribution in [0.25, 0.3) is 0 Å². The van der Waals surface area contributed by atoms with Crippen molar-refractivity contribution in [3.63, 3.8) is 0 Å². The zero-order valence-electron chi connectivity index (χ0n) is 9.50. The van der Waals surface area contributed by atoms with Gasteiger partial charge in [0.25, 0.3) is 0 Å². The lowest BCUT2D eigenvalue weighted by Gasteiger charge is -2.26. The molecular weight excluding hydrogens is 227 g/mol. The molecule has 0 aliphatic carbocycles. The molecule has 0 saturated carbocycles. The number of amides is 1. The van der Waals surface area contributed by atoms with Gasteiger partial charge in [0.1, 0.15) is 0 Å². The Balaban J connectivity index is 2.51. The van der Waals surface area contributed by atoms with Gasteiger partial charge in [0.15, 0.2) is 0 Å². The summed E-state index contributed by atoms with van der Waals surface area (Å²) in [6.07, 6.45) is 4.04. The zero-order valence-corrected chi connectivity index (χ0v) is 10.3. The van der Waals surface area contributed by atoms with Crippen LogP contribution in [0.3, 0.4) is 0 Å². The van der Waals surface area contributed by atoms with Crippen molar-refractivity contribution in [2.75, 3.05) is 18.6 Å². The lowest BCUT2D eigenvalue weighted by atomic mass is 9.77. The highest BCUT2D eigenvalue weighted by atomic mass is 32.2. The molecular formula is C9H19BN2O3S. The molecule has 2 atom stereocenters. The van der Waals surface area contributed by atoms with Gasteiger partial charge in [0, 0.05) is 6.54 Å². The number of nitrogens with zero attached hydrogens (tertiary/aromatic N) is 1. The molecule has 0 aromatic heterocycles. The van der Waals surface area contributed by atoms with Crippen LogP contribution in [0.4, 0.5) is 0 Å². The molecule has 0 bridgehead atoms. The molecule has 92 valence electrons. The van der Waals surface area contributed by atoms with E-state index in [1.807, 2.05) is 6.26 Å². The van der Waals surface area contributed by atoms with Crippen LogP contribution in [0.1, 0.15) is 19.3 Å². The highest BCUT2D eigenvalue weighted by molar-refractivity contribution is 7.98. The van der Waals surface area contributed by atoms with E-state index >= 15 is 0 Å². The molecule has 1 aliphatic rings. The molecule has 5 nitrogen and oxygen atoms in total. The van der Waals surface area contributed by atoms with Crippen molar-refractivity contribution in [2.24, 2.45) is 5.73 Å². The van der Waals surface area contributed by atoms with E-state index < -0.39 is 19.1 Å². The Morgan fingerprint density at radius 2 is 2.38 bits per heavy atom. The molecule has 0 aromatic carbocycles. The third-order valence-corrected chi connectivity index (χ3v) is 3.52. The Hall–Kier alpha value is -0.235. The van der Waals surface area contributed by atoms with Crippen molar-refractivity contribution in [2.45, 2.75) is 31.2 Å². The Bertz CT molecular complexity index is 243. The summed E-state index contributed by atoms with van der Waals surface area (Å²) in [5.74, 6) is 0.199. The van der Waals surface area contributed by atoms with Crippen LogP contribution < -0.4 is 5.73 Å². The molecule has 0 radical (unpaired) electrons. The quantitative estimate of drug-likeness (QED) is 0.545. The normalized spacial score (nSPS) is 22.2. The minimum absolute atomic E-state index is 0.162. The second-order valence-electron chi connectivity index (χ2n) is 4.04. The van der Waals surface area contributed by atoms with Gasteiger partial charge in [-0.15, -0.1) is 0 Å². The van der Waals surface area contributed by atoms with Gasteiger partial charge in [0.2, 0.25) is 5.91 Å². The summed E-state index contributed by atoms with van der Waals surface area (Å²) in [6.45, 7) is 0.577. The first-order valence-corrected chi connectivity index (χ1v) is 6.88. The van der Waals surface area contributed by atoms with Gasteiger partial charge in [-0.1, -0.05) is 0 Å². The van der Waals surface area contributed by atoms with E-state index in [1.54, 1.807) is 11.8 Å². The van der Waals surface area contributed by atoms with Crippen molar-refractivity contribution in [3.05, 3.63) is 0 Å². The van der Waals surface area contributed by atoms with Crippen LogP contribution in [0.15, 0.2) is 0 Å². The molecule has 1 saturated heterocycles. The topological polar surface area (TPSA) is 86.8 Å². The van der Waals surface area contributed by atoms with E-state index in [0.29, 0.717) is 19.4 Å². The molecule has 1 fully saturated rings. The smallest absolute Gasteiger partial charge is 0.426 e. The summed E-state index contributed by atoms with van der Waals surface area (Å²) in [4.78, 5) is 13.4. The maximum Gasteiger partial charge on any atom is 0.475 e. The second-order valence-corrected chi connectivity index (χ2v) is 5.03. The van der Waals surface area contributed by atoms with Crippen LogP contribution in [-0.4, -0.2) is 58.5 Å². The molecule has 7 heteroatoms. The van der Waals surface area contributed by atoms with Gasteiger partial charge in [-0.25, -0.2) is 0 Å². The highest BCUT2D eigenvalue weighted by Gasteiger charge is 2.38. The van der Waals surface area contributed by atoms with Crippen LogP contribution in [0, 0.1) is 0 Å². The average molecular weight is 246 g/mol. The summed E-state index contributed by atoms with van der Waals surface area (Å²) in [5.41, 5.74) is 5.78. The van der Waals surface area contributed by atoms with Crippen LogP contribution in [0.2, 0.25) is 0 Å². The first-order valence-electron chi connectivity index (χ1n) is 5.49. The summed E-state index contributed by atoms with van der Waals surface area (Å²) < 4.78 is 0. The van der Waals surface area contributed by atoms with Crippen LogP contribution in [-0.2, 0) is 4.79 Å². The van der Waals surface area contributed by atoms with E-state index in [1.165, 1.54) is 4.90 Å². The predicted molar refractivity (Wildman–Crippen MR) is 65.9 cm³/mol. The number of hydrogen-bond acceptors (Lipinski definition) is 5. The minimum atomic E-state index is -1.46. The molecule has 1 heterocycles. The first-order chi connectivity index (χ1) is 7.57. The van der Waals surface area contributed by atoms with E-state index in [4.69, 9.17) is 15.8 Å². The van der Waals surface area contributed by atoms with Crippen molar-refractivity contribution >= 4 is 24.8 Å². The molecule has 1 rings (SSSR count).